The van der Waals surface area contributed by atoms with E-state index in [0.29, 0.717) is 17.4 Å². The summed E-state index contributed by atoms with van der Waals surface area (Å²) in [5.41, 5.74) is 1.44. The van der Waals surface area contributed by atoms with Crippen molar-refractivity contribution >= 4 is 11.0 Å². The molecule has 0 N–H and O–H groups in total. The molecule has 0 saturated carbocycles. The van der Waals surface area contributed by atoms with E-state index in [2.05, 4.69) is 11.7 Å². The number of fused-ring (bicyclic) bond motifs is 1. The maximum absolute atomic E-state index is 12.9. The SMILES string of the molecule is CCCCCc1ccc(-c2cc3ccc(C)cc3oc2=O)c(OC(F)(F)F)c1. The van der Waals surface area contributed by atoms with Gasteiger partial charge in [0.15, 0.2) is 0 Å². The second kappa shape index (κ2) is 8.09. The van der Waals surface area contributed by atoms with Gasteiger partial charge in [0.25, 0.3) is 0 Å². The summed E-state index contributed by atoms with van der Waals surface area (Å²) in [6.07, 6.45) is -1.33. The van der Waals surface area contributed by atoms with E-state index in [0.717, 1.165) is 30.4 Å². The van der Waals surface area contributed by atoms with Crippen LogP contribution in [0.1, 0.15) is 37.3 Å². The Balaban J connectivity index is 2.09. The van der Waals surface area contributed by atoms with Crippen LogP contribution in [-0.4, -0.2) is 6.36 Å². The summed E-state index contributed by atoms with van der Waals surface area (Å²) in [6, 6.07) is 11.4. The van der Waals surface area contributed by atoms with E-state index in [-0.39, 0.29) is 16.9 Å². The van der Waals surface area contributed by atoms with Crippen molar-refractivity contribution in [2.75, 3.05) is 0 Å². The van der Waals surface area contributed by atoms with Gasteiger partial charge in [-0.1, -0.05) is 44.0 Å². The average Bonchev–Trinajstić information content (AvgIpc) is 2.60. The predicted octanol–water partition coefficient (Wildman–Crippen LogP) is 6.40. The summed E-state index contributed by atoms with van der Waals surface area (Å²) in [5.74, 6) is -0.389. The van der Waals surface area contributed by atoms with E-state index in [1.165, 1.54) is 18.2 Å². The first-order valence-electron chi connectivity index (χ1n) is 9.20. The number of hydrogen-bond donors (Lipinski definition) is 0. The molecule has 0 aliphatic heterocycles. The summed E-state index contributed by atoms with van der Waals surface area (Å²) >= 11 is 0. The molecule has 1 aromatic heterocycles. The van der Waals surface area contributed by atoms with E-state index >= 15 is 0 Å². The number of aryl methyl sites for hydroxylation is 2. The van der Waals surface area contributed by atoms with E-state index in [1.807, 2.05) is 13.0 Å². The Kier molecular flexibility index (Phi) is 5.77. The van der Waals surface area contributed by atoms with Gasteiger partial charge in [-0.25, -0.2) is 4.79 Å². The summed E-state index contributed by atoms with van der Waals surface area (Å²) in [4.78, 5) is 12.5. The zero-order valence-electron chi connectivity index (χ0n) is 15.7. The number of rotatable bonds is 6. The minimum absolute atomic E-state index is 0.0377. The highest BCUT2D eigenvalue weighted by molar-refractivity contribution is 5.83. The molecule has 6 heteroatoms. The molecule has 148 valence electrons. The molecule has 0 fully saturated rings. The van der Waals surface area contributed by atoms with Gasteiger partial charge in [0.05, 0.1) is 5.56 Å². The molecule has 0 aliphatic rings. The molecule has 3 rings (SSSR count). The van der Waals surface area contributed by atoms with Gasteiger partial charge in [0.2, 0.25) is 0 Å². The highest BCUT2D eigenvalue weighted by Crippen LogP contribution is 2.35. The Hall–Kier alpha value is -2.76. The maximum atomic E-state index is 12.9. The topological polar surface area (TPSA) is 39.4 Å². The Morgan fingerprint density at radius 3 is 2.50 bits per heavy atom. The molecule has 1 heterocycles. The number of ether oxygens (including phenoxy) is 1. The molecule has 28 heavy (non-hydrogen) atoms. The van der Waals surface area contributed by atoms with Crippen molar-refractivity contribution in [3.05, 3.63) is 64.0 Å². The van der Waals surface area contributed by atoms with Gasteiger partial charge in [0.1, 0.15) is 11.3 Å². The first-order valence-corrected chi connectivity index (χ1v) is 9.20. The van der Waals surface area contributed by atoms with Crippen LogP contribution in [0.25, 0.3) is 22.1 Å². The van der Waals surface area contributed by atoms with Crippen LogP contribution < -0.4 is 10.4 Å². The Morgan fingerprint density at radius 1 is 1.00 bits per heavy atom. The zero-order valence-corrected chi connectivity index (χ0v) is 15.7. The smallest absolute Gasteiger partial charge is 0.422 e. The summed E-state index contributed by atoms with van der Waals surface area (Å²) < 4.78 is 48.4. The van der Waals surface area contributed by atoms with Gasteiger partial charge in [-0.15, -0.1) is 13.2 Å². The summed E-state index contributed by atoms with van der Waals surface area (Å²) in [7, 11) is 0. The van der Waals surface area contributed by atoms with Crippen molar-refractivity contribution in [3.63, 3.8) is 0 Å². The lowest BCUT2D eigenvalue weighted by molar-refractivity contribution is -0.274. The first kappa shape index (κ1) is 20.0. The molecular formula is C22H21F3O3. The molecule has 0 amide bonds. The van der Waals surface area contributed by atoms with Crippen LogP contribution in [0.4, 0.5) is 13.2 Å². The minimum Gasteiger partial charge on any atom is -0.422 e. The Bertz CT molecular complexity index is 1040. The standard InChI is InChI=1S/C22H21F3O3/c1-3-4-5-6-15-8-10-17(20(12-15)28-22(23,24)25)18-13-16-9-7-14(2)11-19(16)27-21(18)26/h7-13H,3-6H2,1-2H3. The maximum Gasteiger partial charge on any atom is 0.573 e. The second-order valence-corrected chi connectivity index (χ2v) is 6.82. The highest BCUT2D eigenvalue weighted by Gasteiger charge is 2.32. The number of alkyl halides is 3. The van der Waals surface area contributed by atoms with Crippen molar-refractivity contribution < 1.29 is 22.3 Å². The van der Waals surface area contributed by atoms with Crippen molar-refractivity contribution in [2.24, 2.45) is 0 Å². The molecule has 0 saturated heterocycles. The van der Waals surface area contributed by atoms with Crippen molar-refractivity contribution in [3.8, 4) is 16.9 Å². The van der Waals surface area contributed by atoms with Crippen LogP contribution in [0.3, 0.4) is 0 Å². The second-order valence-electron chi connectivity index (χ2n) is 6.82. The Labute approximate surface area is 160 Å². The molecule has 0 spiro atoms. The average molecular weight is 390 g/mol. The summed E-state index contributed by atoms with van der Waals surface area (Å²) in [6.45, 7) is 3.92. The lowest BCUT2D eigenvalue weighted by Crippen LogP contribution is -2.18. The predicted molar refractivity (Wildman–Crippen MR) is 103 cm³/mol. The molecule has 2 aromatic carbocycles. The molecule has 0 unspecified atom stereocenters. The number of unbranched alkanes of at least 4 members (excludes halogenated alkanes) is 2. The fourth-order valence-corrected chi connectivity index (χ4v) is 3.14. The van der Waals surface area contributed by atoms with Crippen molar-refractivity contribution in [1.29, 1.82) is 0 Å². The molecule has 0 atom stereocenters. The van der Waals surface area contributed by atoms with Crippen LogP contribution in [-0.2, 0) is 6.42 Å². The molecule has 0 aliphatic carbocycles. The normalized spacial score (nSPS) is 11.8. The van der Waals surface area contributed by atoms with Crippen LogP contribution in [0.2, 0.25) is 0 Å². The van der Waals surface area contributed by atoms with Gasteiger partial charge in [-0.2, -0.15) is 0 Å². The molecule has 3 nitrogen and oxygen atoms in total. The van der Waals surface area contributed by atoms with E-state index in [1.54, 1.807) is 18.2 Å². The van der Waals surface area contributed by atoms with E-state index in [4.69, 9.17) is 4.42 Å². The van der Waals surface area contributed by atoms with Crippen molar-refractivity contribution in [1.82, 2.24) is 0 Å². The Morgan fingerprint density at radius 2 is 1.79 bits per heavy atom. The zero-order chi connectivity index (χ0) is 20.3. The lowest BCUT2D eigenvalue weighted by atomic mass is 10.00. The van der Waals surface area contributed by atoms with Crippen LogP contribution >= 0.6 is 0 Å². The van der Waals surface area contributed by atoms with Gasteiger partial charge >= 0.3 is 12.0 Å². The van der Waals surface area contributed by atoms with Crippen molar-refractivity contribution in [2.45, 2.75) is 45.9 Å². The quantitative estimate of drug-likeness (QED) is 0.361. The largest absolute Gasteiger partial charge is 0.573 e. The first-order chi connectivity index (χ1) is 13.3. The van der Waals surface area contributed by atoms with Crippen LogP contribution in [0.5, 0.6) is 5.75 Å². The molecule has 3 aromatic rings. The highest BCUT2D eigenvalue weighted by atomic mass is 19.4. The van der Waals surface area contributed by atoms with Gasteiger partial charge in [-0.3, -0.25) is 0 Å². The fourth-order valence-electron chi connectivity index (χ4n) is 3.14. The third-order valence-corrected chi connectivity index (χ3v) is 4.52. The monoisotopic (exact) mass is 390 g/mol. The van der Waals surface area contributed by atoms with Gasteiger partial charge in [0, 0.05) is 10.9 Å². The lowest BCUT2D eigenvalue weighted by Gasteiger charge is -2.15. The molecule has 0 bridgehead atoms. The van der Waals surface area contributed by atoms with Gasteiger partial charge in [-0.05, 0) is 49.1 Å². The molecule has 0 radical (unpaired) electrons. The van der Waals surface area contributed by atoms with E-state index < -0.39 is 12.0 Å². The number of benzene rings is 2. The van der Waals surface area contributed by atoms with E-state index in [9.17, 15) is 18.0 Å². The third-order valence-electron chi connectivity index (χ3n) is 4.52. The number of hydrogen-bond acceptors (Lipinski definition) is 3. The van der Waals surface area contributed by atoms with Crippen LogP contribution in [0.15, 0.2) is 51.7 Å². The number of halogens is 3. The fraction of sp³-hybridized carbons (Fsp3) is 0.318. The van der Waals surface area contributed by atoms with Gasteiger partial charge < -0.3 is 9.15 Å². The molecular weight excluding hydrogens is 369 g/mol. The third kappa shape index (κ3) is 4.74. The van der Waals surface area contributed by atoms with Crippen LogP contribution in [0, 0.1) is 6.92 Å². The summed E-state index contributed by atoms with van der Waals surface area (Å²) in [5, 5.41) is 0.630. The minimum atomic E-state index is -4.86.